The number of nitrogens with zero attached hydrogens (tertiary/aromatic N) is 2. The monoisotopic (exact) mass is 379 g/mol. The first-order valence-electron chi connectivity index (χ1n) is 9.22. The zero-order chi connectivity index (χ0) is 19.6. The van der Waals surface area contributed by atoms with E-state index < -0.39 is 12.7 Å². The molecule has 1 aliphatic rings. The van der Waals surface area contributed by atoms with Crippen LogP contribution in [0, 0.1) is 11.8 Å². The molecule has 0 saturated carbocycles. The van der Waals surface area contributed by atoms with Crippen molar-refractivity contribution in [3.63, 3.8) is 0 Å². The number of nitrogens with one attached hydrogen (secondary N) is 3. The van der Waals surface area contributed by atoms with Crippen LogP contribution in [-0.4, -0.2) is 69.3 Å². The highest BCUT2D eigenvalue weighted by Gasteiger charge is 2.32. The van der Waals surface area contributed by atoms with E-state index in [9.17, 15) is 18.0 Å². The molecule has 0 aromatic rings. The Kier molecular flexibility index (Phi) is 9.75. The van der Waals surface area contributed by atoms with E-state index in [1.54, 1.807) is 7.05 Å². The van der Waals surface area contributed by atoms with Crippen LogP contribution in [0.4, 0.5) is 13.2 Å². The van der Waals surface area contributed by atoms with Gasteiger partial charge in [0.15, 0.2) is 5.96 Å². The lowest BCUT2D eigenvalue weighted by Crippen LogP contribution is -2.43. The SMILES string of the molecule is CN=C(NCCNC(=O)C(C)C)NCCC1CCN(CC(F)(F)F)CC1. The Bertz CT molecular complexity index is 446. The number of aliphatic imine (C=N–C) groups is 1. The number of alkyl halides is 3. The highest BCUT2D eigenvalue weighted by atomic mass is 19.4. The van der Waals surface area contributed by atoms with Gasteiger partial charge in [0.25, 0.3) is 0 Å². The summed E-state index contributed by atoms with van der Waals surface area (Å²) in [5, 5.41) is 9.16. The van der Waals surface area contributed by atoms with E-state index in [2.05, 4.69) is 20.9 Å². The summed E-state index contributed by atoms with van der Waals surface area (Å²) >= 11 is 0. The minimum absolute atomic E-state index is 0.0200. The van der Waals surface area contributed by atoms with E-state index >= 15 is 0 Å². The summed E-state index contributed by atoms with van der Waals surface area (Å²) in [5.74, 6) is 1.09. The Morgan fingerprint density at radius 3 is 2.23 bits per heavy atom. The molecule has 1 saturated heterocycles. The summed E-state index contributed by atoms with van der Waals surface area (Å²) < 4.78 is 37.2. The summed E-state index contributed by atoms with van der Waals surface area (Å²) in [6.45, 7) is 5.72. The number of likely N-dealkylation sites (tertiary alicyclic amines) is 1. The summed E-state index contributed by atoms with van der Waals surface area (Å²) in [5.41, 5.74) is 0. The molecule has 0 bridgehead atoms. The van der Waals surface area contributed by atoms with Gasteiger partial charge in [-0.25, -0.2) is 0 Å². The number of piperidine rings is 1. The third kappa shape index (κ3) is 9.84. The van der Waals surface area contributed by atoms with Gasteiger partial charge in [-0.3, -0.25) is 14.7 Å². The number of guanidine groups is 1. The molecular weight excluding hydrogens is 347 g/mol. The Morgan fingerprint density at radius 2 is 1.69 bits per heavy atom. The minimum atomic E-state index is -4.11. The second-order valence-corrected chi connectivity index (χ2v) is 6.99. The summed E-state index contributed by atoms with van der Waals surface area (Å²) in [6.07, 6.45) is -1.61. The normalized spacial score (nSPS) is 17.4. The highest BCUT2D eigenvalue weighted by molar-refractivity contribution is 5.80. The Balaban J connectivity index is 2.13. The molecule has 0 unspecified atom stereocenters. The van der Waals surface area contributed by atoms with Crippen molar-refractivity contribution in [2.24, 2.45) is 16.8 Å². The zero-order valence-electron chi connectivity index (χ0n) is 16.0. The predicted molar refractivity (Wildman–Crippen MR) is 97.0 cm³/mol. The van der Waals surface area contributed by atoms with E-state index in [0.717, 1.165) is 25.8 Å². The quantitative estimate of drug-likeness (QED) is 0.340. The molecule has 0 aromatic carbocycles. The van der Waals surface area contributed by atoms with E-state index in [1.807, 2.05) is 13.8 Å². The molecule has 1 rings (SSSR count). The molecule has 0 atom stereocenters. The predicted octanol–water partition coefficient (Wildman–Crippen LogP) is 1.59. The maximum Gasteiger partial charge on any atom is 0.401 e. The first-order valence-corrected chi connectivity index (χ1v) is 9.22. The van der Waals surface area contributed by atoms with Gasteiger partial charge in [-0.2, -0.15) is 13.2 Å². The molecular formula is C17H32F3N5O. The molecule has 26 heavy (non-hydrogen) atoms. The van der Waals surface area contributed by atoms with Crippen LogP contribution < -0.4 is 16.0 Å². The van der Waals surface area contributed by atoms with E-state index in [4.69, 9.17) is 0 Å². The molecule has 9 heteroatoms. The smallest absolute Gasteiger partial charge is 0.356 e. The summed E-state index contributed by atoms with van der Waals surface area (Å²) in [6, 6.07) is 0. The second kappa shape index (κ2) is 11.3. The average Bonchev–Trinajstić information content (AvgIpc) is 2.56. The van der Waals surface area contributed by atoms with Crippen molar-refractivity contribution in [1.82, 2.24) is 20.9 Å². The van der Waals surface area contributed by atoms with Crippen LogP contribution in [0.3, 0.4) is 0 Å². The van der Waals surface area contributed by atoms with E-state index in [-0.39, 0.29) is 11.8 Å². The fourth-order valence-electron chi connectivity index (χ4n) is 2.87. The molecule has 0 aliphatic carbocycles. The maximum atomic E-state index is 12.4. The van der Waals surface area contributed by atoms with Crippen molar-refractivity contribution in [2.45, 2.75) is 39.3 Å². The maximum absolute atomic E-state index is 12.4. The fourth-order valence-corrected chi connectivity index (χ4v) is 2.87. The van der Waals surface area contributed by atoms with Crippen molar-refractivity contribution in [1.29, 1.82) is 0 Å². The number of halogens is 3. The molecule has 152 valence electrons. The van der Waals surface area contributed by atoms with Crippen molar-refractivity contribution < 1.29 is 18.0 Å². The van der Waals surface area contributed by atoms with Crippen LogP contribution >= 0.6 is 0 Å². The number of rotatable bonds is 8. The lowest BCUT2D eigenvalue weighted by Gasteiger charge is -2.32. The molecule has 1 heterocycles. The second-order valence-electron chi connectivity index (χ2n) is 6.99. The number of hydrogen-bond donors (Lipinski definition) is 3. The van der Waals surface area contributed by atoms with Crippen molar-refractivity contribution >= 4 is 11.9 Å². The molecule has 0 spiro atoms. The van der Waals surface area contributed by atoms with E-state index in [0.29, 0.717) is 38.1 Å². The van der Waals surface area contributed by atoms with Crippen LogP contribution in [0.5, 0.6) is 0 Å². The van der Waals surface area contributed by atoms with Crippen LogP contribution in [-0.2, 0) is 4.79 Å². The number of hydrogen-bond acceptors (Lipinski definition) is 3. The highest BCUT2D eigenvalue weighted by Crippen LogP contribution is 2.23. The van der Waals surface area contributed by atoms with Gasteiger partial charge in [-0.15, -0.1) is 0 Å². The third-order valence-electron chi connectivity index (χ3n) is 4.42. The van der Waals surface area contributed by atoms with Crippen LogP contribution in [0.25, 0.3) is 0 Å². The lowest BCUT2D eigenvalue weighted by atomic mass is 9.93. The van der Waals surface area contributed by atoms with Crippen LogP contribution in [0.1, 0.15) is 33.1 Å². The molecule has 0 radical (unpaired) electrons. The molecule has 3 N–H and O–H groups in total. The Labute approximate surface area is 154 Å². The van der Waals surface area contributed by atoms with Crippen molar-refractivity contribution in [2.75, 3.05) is 46.3 Å². The van der Waals surface area contributed by atoms with Gasteiger partial charge in [0.2, 0.25) is 5.91 Å². The first kappa shape index (κ1) is 22.5. The first-order chi connectivity index (χ1) is 12.2. The standard InChI is InChI=1S/C17H32F3N5O/c1-13(2)15(26)22-8-9-24-16(21-3)23-7-4-14-5-10-25(11-6-14)12-17(18,19)20/h13-14H,4-12H2,1-3H3,(H,22,26)(H2,21,23,24). The van der Waals surface area contributed by atoms with Gasteiger partial charge in [0.1, 0.15) is 0 Å². The van der Waals surface area contributed by atoms with Gasteiger partial charge in [0, 0.05) is 32.6 Å². The molecule has 1 amide bonds. The molecule has 6 nitrogen and oxygen atoms in total. The van der Waals surface area contributed by atoms with Gasteiger partial charge >= 0.3 is 6.18 Å². The van der Waals surface area contributed by atoms with Crippen LogP contribution in [0.2, 0.25) is 0 Å². The van der Waals surface area contributed by atoms with Gasteiger partial charge in [-0.1, -0.05) is 13.8 Å². The Hall–Kier alpha value is -1.51. The molecule has 1 aliphatic heterocycles. The Morgan fingerprint density at radius 1 is 1.12 bits per heavy atom. The van der Waals surface area contributed by atoms with Gasteiger partial charge in [0.05, 0.1) is 6.54 Å². The van der Waals surface area contributed by atoms with Gasteiger partial charge < -0.3 is 16.0 Å². The van der Waals surface area contributed by atoms with Crippen LogP contribution in [0.15, 0.2) is 4.99 Å². The third-order valence-corrected chi connectivity index (χ3v) is 4.42. The van der Waals surface area contributed by atoms with Crippen molar-refractivity contribution in [3.8, 4) is 0 Å². The minimum Gasteiger partial charge on any atom is -0.356 e. The van der Waals surface area contributed by atoms with E-state index in [1.165, 1.54) is 4.90 Å². The summed E-state index contributed by atoms with van der Waals surface area (Å²) in [4.78, 5) is 17.1. The average molecular weight is 379 g/mol. The zero-order valence-corrected chi connectivity index (χ0v) is 16.0. The number of carbonyl (C=O) groups is 1. The molecule has 0 aromatic heterocycles. The lowest BCUT2D eigenvalue weighted by molar-refractivity contribution is -0.148. The largest absolute Gasteiger partial charge is 0.401 e. The number of carbonyl (C=O) groups excluding carboxylic acids is 1. The fraction of sp³-hybridized carbons (Fsp3) is 0.882. The number of amides is 1. The van der Waals surface area contributed by atoms with Gasteiger partial charge in [-0.05, 0) is 38.3 Å². The van der Waals surface area contributed by atoms with Crippen molar-refractivity contribution in [3.05, 3.63) is 0 Å². The topological polar surface area (TPSA) is 68.8 Å². The molecule has 1 fully saturated rings. The summed E-state index contributed by atoms with van der Waals surface area (Å²) in [7, 11) is 1.68.